The number of esters is 1. The van der Waals surface area contributed by atoms with Crippen molar-refractivity contribution in [2.75, 3.05) is 25.0 Å². The molecule has 0 spiro atoms. The second-order valence-corrected chi connectivity index (χ2v) is 12.3. The van der Waals surface area contributed by atoms with E-state index in [4.69, 9.17) is 16.3 Å². The van der Waals surface area contributed by atoms with Crippen LogP contribution >= 0.6 is 11.6 Å². The molecule has 0 radical (unpaired) electrons. The summed E-state index contributed by atoms with van der Waals surface area (Å²) in [4.78, 5) is 25.1. The molecule has 188 valence electrons. The van der Waals surface area contributed by atoms with E-state index in [0.717, 1.165) is 30.0 Å². The molecule has 34 heavy (non-hydrogen) atoms. The summed E-state index contributed by atoms with van der Waals surface area (Å²) in [6.07, 6.45) is 8.00. The van der Waals surface area contributed by atoms with Gasteiger partial charge in [0.1, 0.15) is 11.6 Å². The van der Waals surface area contributed by atoms with Gasteiger partial charge in [-0.05, 0) is 108 Å². The summed E-state index contributed by atoms with van der Waals surface area (Å²) in [7, 11) is 0. The van der Waals surface area contributed by atoms with E-state index in [1.807, 2.05) is 32.9 Å². The van der Waals surface area contributed by atoms with Crippen molar-refractivity contribution in [3.63, 3.8) is 0 Å². The largest absolute Gasteiger partial charge is 0.459 e. The van der Waals surface area contributed by atoms with E-state index in [1.54, 1.807) is 13.0 Å². The summed E-state index contributed by atoms with van der Waals surface area (Å²) in [5, 5.41) is 10.2. The molecule has 1 unspecified atom stereocenters. The highest BCUT2D eigenvalue weighted by Crippen LogP contribution is 2.59. The van der Waals surface area contributed by atoms with Crippen LogP contribution in [0, 0.1) is 23.2 Å². The number of carbonyl (C=O) groups excluding carboxylic acids is 2. The molecule has 7 heteroatoms. The number of hydrogen-bond donors (Lipinski definition) is 3. The number of benzene rings is 1. The summed E-state index contributed by atoms with van der Waals surface area (Å²) < 4.78 is 5.39. The first-order chi connectivity index (χ1) is 16.0. The predicted octanol–water partition coefficient (Wildman–Crippen LogP) is 5.02. The molecule has 0 aromatic heterocycles. The molecule has 4 saturated carbocycles. The number of nitrogens with one attached hydrogen (secondary N) is 3. The summed E-state index contributed by atoms with van der Waals surface area (Å²) in [5.41, 5.74) is 1.13. The van der Waals surface area contributed by atoms with E-state index in [0.29, 0.717) is 29.1 Å². The fourth-order valence-corrected chi connectivity index (χ4v) is 6.85. The average Bonchev–Trinajstić information content (AvgIpc) is 2.74. The Kier molecular flexibility index (Phi) is 7.49. The van der Waals surface area contributed by atoms with Crippen LogP contribution in [0.25, 0.3) is 0 Å². The highest BCUT2D eigenvalue weighted by atomic mass is 35.5. The second-order valence-electron chi connectivity index (χ2n) is 11.9. The zero-order valence-corrected chi connectivity index (χ0v) is 21.8. The summed E-state index contributed by atoms with van der Waals surface area (Å²) in [6.45, 7) is 9.31. The zero-order valence-electron chi connectivity index (χ0n) is 21.0. The third-order valence-electron chi connectivity index (χ3n) is 7.66. The van der Waals surface area contributed by atoms with Crippen molar-refractivity contribution in [1.82, 2.24) is 10.6 Å². The number of anilines is 1. The molecule has 0 aliphatic heterocycles. The lowest BCUT2D eigenvalue weighted by Gasteiger charge is -2.56. The van der Waals surface area contributed by atoms with Gasteiger partial charge in [-0.15, -0.1) is 0 Å². The van der Waals surface area contributed by atoms with Gasteiger partial charge in [0.05, 0.1) is 10.6 Å². The quantitative estimate of drug-likeness (QED) is 0.335. The van der Waals surface area contributed by atoms with Gasteiger partial charge in [0.25, 0.3) is 5.91 Å². The monoisotopic (exact) mass is 489 g/mol. The molecule has 5 rings (SSSR count). The molecule has 1 amide bonds. The third-order valence-corrected chi connectivity index (χ3v) is 7.99. The van der Waals surface area contributed by atoms with Gasteiger partial charge in [-0.25, -0.2) is 0 Å². The first-order valence-electron chi connectivity index (χ1n) is 12.8. The molecule has 3 N–H and O–H groups in total. The summed E-state index contributed by atoms with van der Waals surface area (Å²) in [6, 6.07) is 5.06. The Morgan fingerprint density at radius 3 is 2.29 bits per heavy atom. The zero-order chi connectivity index (χ0) is 24.5. The maximum atomic E-state index is 13.0. The van der Waals surface area contributed by atoms with Gasteiger partial charge in [-0.3, -0.25) is 9.59 Å². The first-order valence-corrected chi connectivity index (χ1v) is 13.2. The van der Waals surface area contributed by atoms with Crippen LogP contribution in [0.5, 0.6) is 0 Å². The number of ether oxygens (including phenoxy) is 1. The van der Waals surface area contributed by atoms with Gasteiger partial charge in [-0.2, -0.15) is 0 Å². The Morgan fingerprint density at radius 1 is 1.09 bits per heavy atom. The van der Waals surface area contributed by atoms with Gasteiger partial charge in [-0.1, -0.05) is 11.6 Å². The normalized spacial score (nSPS) is 28.4. The van der Waals surface area contributed by atoms with Crippen LogP contribution in [0.3, 0.4) is 0 Å². The van der Waals surface area contributed by atoms with E-state index < -0.39 is 11.6 Å². The van der Waals surface area contributed by atoms with Crippen LogP contribution in [0.1, 0.15) is 76.6 Å². The molecule has 1 aromatic rings. The molecule has 1 aromatic carbocycles. The van der Waals surface area contributed by atoms with E-state index in [9.17, 15) is 9.59 Å². The lowest BCUT2D eigenvalue weighted by molar-refractivity contribution is -0.156. The molecule has 4 aliphatic carbocycles. The van der Waals surface area contributed by atoms with Crippen molar-refractivity contribution in [1.29, 1.82) is 0 Å². The van der Waals surface area contributed by atoms with Gasteiger partial charge in [0.2, 0.25) is 0 Å². The topological polar surface area (TPSA) is 79.5 Å². The van der Waals surface area contributed by atoms with Crippen molar-refractivity contribution >= 4 is 29.2 Å². The van der Waals surface area contributed by atoms with Gasteiger partial charge >= 0.3 is 5.97 Å². The number of carbonyl (C=O) groups is 2. The lowest BCUT2D eigenvalue weighted by atomic mass is 9.49. The summed E-state index contributed by atoms with van der Waals surface area (Å²) >= 11 is 6.38. The molecule has 4 aliphatic rings. The Hall–Kier alpha value is -1.79. The lowest BCUT2D eigenvalue weighted by Crippen LogP contribution is -2.51. The minimum Gasteiger partial charge on any atom is -0.459 e. The SMILES string of the molecule is CC(NCCNc1ccc(Cl)c(C(=O)NCC23CC4CC(CC(C4)C2)C3)c1)C(=O)OC(C)(C)C. The van der Waals surface area contributed by atoms with Crippen molar-refractivity contribution < 1.29 is 14.3 Å². The van der Waals surface area contributed by atoms with E-state index in [-0.39, 0.29) is 11.9 Å². The van der Waals surface area contributed by atoms with Gasteiger partial charge in [0, 0.05) is 25.3 Å². The maximum Gasteiger partial charge on any atom is 0.323 e. The Bertz CT molecular complexity index is 876. The van der Waals surface area contributed by atoms with E-state index in [2.05, 4.69) is 16.0 Å². The molecule has 4 fully saturated rings. The van der Waals surface area contributed by atoms with Crippen molar-refractivity contribution in [2.24, 2.45) is 23.2 Å². The van der Waals surface area contributed by atoms with Crippen molar-refractivity contribution in [3.05, 3.63) is 28.8 Å². The molecule has 6 nitrogen and oxygen atoms in total. The number of amides is 1. The van der Waals surface area contributed by atoms with Crippen LogP contribution in [0.15, 0.2) is 18.2 Å². The van der Waals surface area contributed by atoms with Gasteiger partial charge in [0.15, 0.2) is 0 Å². The fourth-order valence-electron chi connectivity index (χ4n) is 6.65. The second kappa shape index (κ2) is 10.1. The van der Waals surface area contributed by atoms with Crippen LogP contribution in [-0.4, -0.2) is 43.2 Å². The molecule has 1 atom stereocenters. The highest BCUT2D eigenvalue weighted by molar-refractivity contribution is 6.34. The van der Waals surface area contributed by atoms with Crippen LogP contribution in [-0.2, 0) is 9.53 Å². The smallest absolute Gasteiger partial charge is 0.323 e. The molecule has 0 heterocycles. The van der Waals surface area contributed by atoms with Crippen LogP contribution in [0.2, 0.25) is 5.02 Å². The molecule has 0 saturated heterocycles. The highest BCUT2D eigenvalue weighted by Gasteiger charge is 2.50. The van der Waals surface area contributed by atoms with E-state index in [1.165, 1.54) is 38.5 Å². The Morgan fingerprint density at radius 2 is 1.71 bits per heavy atom. The molecular formula is C27H40ClN3O3. The molecule has 4 bridgehead atoms. The standard InChI is InChI=1S/C27H40ClN3O3/c1-17(25(33)34-26(2,3)4)29-7-8-30-21-5-6-23(28)22(12-21)24(32)31-16-27-13-18-9-19(14-27)11-20(10-18)15-27/h5-6,12,17-20,29-30H,7-11,13-16H2,1-4H3,(H,31,32). The predicted molar refractivity (Wildman–Crippen MR) is 136 cm³/mol. The third kappa shape index (κ3) is 6.25. The number of rotatable bonds is 9. The van der Waals surface area contributed by atoms with Crippen molar-refractivity contribution in [3.8, 4) is 0 Å². The number of hydrogen-bond acceptors (Lipinski definition) is 5. The van der Waals surface area contributed by atoms with Gasteiger partial charge < -0.3 is 20.7 Å². The van der Waals surface area contributed by atoms with Crippen molar-refractivity contribution in [2.45, 2.75) is 77.9 Å². The number of halogens is 1. The maximum absolute atomic E-state index is 13.0. The summed E-state index contributed by atoms with van der Waals surface area (Å²) in [5.74, 6) is 2.24. The Balaban J connectivity index is 1.26. The average molecular weight is 490 g/mol. The molecular weight excluding hydrogens is 450 g/mol. The van der Waals surface area contributed by atoms with Crippen LogP contribution < -0.4 is 16.0 Å². The van der Waals surface area contributed by atoms with Crippen LogP contribution in [0.4, 0.5) is 5.69 Å². The fraction of sp³-hybridized carbons (Fsp3) is 0.704. The minimum absolute atomic E-state index is 0.0962. The Labute approximate surface area is 208 Å². The minimum atomic E-state index is -0.499. The van der Waals surface area contributed by atoms with E-state index >= 15 is 0 Å². The first kappa shape index (κ1) is 25.3.